The maximum atomic E-state index is 13.0. The van der Waals surface area contributed by atoms with Gasteiger partial charge in [-0.2, -0.15) is 0 Å². The van der Waals surface area contributed by atoms with Gasteiger partial charge in [-0.15, -0.1) is 0 Å². The van der Waals surface area contributed by atoms with E-state index >= 15 is 0 Å². The van der Waals surface area contributed by atoms with Crippen molar-refractivity contribution in [1.29, 1.82) is 0 Å². The van der Waals surface area contributed by atoms with Gasteiger partial charge in [0.25, 0.3) is 0 Å². The van der Waals surface area contributed by atoms with Crippen molar-refractivity contribution in [3.05, 3.63) is 34.9 Å². The van der Waals surface area contributed by atoms with Gasteiger partial charge in [0.2, 0.25) is 5.91 Å². The van der Waals surface area contributed by atoms with E-state index in [1.807, 2.05) is 43.0 Å². The van der Waals surface area contributed by atoms with Gasteiger partial charge >= 0.3 is 5.97 Å². The minimum absolute atomic E-state index is 0.0704. The van der Waals surface area contributed by atoms with Crippen LogP contribution in [0.4, 0.5) is 0 Å². The van der Waals surface area contributed by atoms with Crippen LogP contribution in [0.3, 0.4) is 0 Å². The van der Waals surface area contributed by atoms with Gasteiger partial charge in [-0.3, -0.25) is 9.59 Å². The molecule has 0 bridgehead atoms. The molecule has 0 aromatic heterocycles. The Kier molecular flexibility index (Phi) is 6.24. The Labute approximate surface area is 148 Å². The standard InChI is InChI=1S/C18H25ClN2O3/c1-13(14-6-8-15(19)9-7-14)21(12-4-5-16(22)24-3)17(23)18(2)10-11-20-18/h6-9,13,20H,4-5,10-12H2,1-3H3. The number of benzene rings is 1. The van der Waals surface area contributed by atoms with Crippen molar-refractivity contribution in [1.82, 2.24) is 10.2 Å². The molecule has 1 saturated heterocycles. The second kappa shape index (κ2) is 7.99. The Bertz CT molecular complexity index is 584. The lowest BCUT2D eigenvalue weighted by Crippen LogP contribution is -2.64. The normalized spacial score (nSPS) is 20.8. The van der Waals surface area contributed by atoms with Crippen LogP contribution in [0.5, 0.6) is 0 Å². The zero-order chi connectivity index (χ0) is 17.7. The summed E-state index contributed by atoms with van der Waals surface area (Å²) in [5, 5.41) is 3.89. The maximum absolute atomic E-state index is 13.0. The molecule has 1 aromatic carbocycles. The van der Waals surface area contributed by atoms with Crippen LogP contribution in [-0.4, -0.2) is 42.5 Å². The summed E-state index contributed by atoms with van der Waals surface area (Å²) in [6, 6.07) is 7.43. The Morgan fingerprint density at radius 3 is 2.50 bits per heavy atom. The number of hydrogen-bond donors (Lipinski definition) is 1. The fourth-order valence-corrected chi connectivity index (χ4v) is 3.01. The summed E-state index contributed by atoms with van der Waals surface area (Å²) >= 11 is 5.96. The molecule has 1 amide bonds. The molecule has 2 atom stereocenters. The number of halogens is 1. The van der Waals surface area contributed by atoms with E-state index in [0.717, 1.165) is 18.5 Å². The average molecular weight is 353 g/mol. The van der Waals surface area contributed by atoms with E-state index < -0.39 is 5.54 Å². The smallest absolute Gasteiger partial charge is 0.305 e. The molecule has 1 fully saturated rings. The number of hydrogen-bond acceptors (Lipinski definition) is 4. The molecule has 5 nitrogen and oxygen atoms in total. The molecule has 1 N–H and O–H groups in total. The number of carbonyl (C=O) groups is 2. The Hall–Kier alpha value is -1.59. The molecule has 0 spiro atoms. The van der Waals surface area contributed by atoms with Crippen molar-refractivity contribution in [3.8, 4) is 0 Å². The molecule has 24 heavy (non-hydrogen) atoms. The third-order valence-electron chi connectivity index (χ3n) is 4.70. The summed E-state index contributed by atoms with van der Waals surface area (Å²) < 4.78 is 4.68. The average Bonchev–Trinajstić information content (AvgIpc) is 2.55. The van der Waals surface area contributed by atoms with E-state index in [9.17, 15) is 9.59 Å². The zero-order valence-electron chi connectivity index (χ0n) is 14.5. The molecule has 1 aliphatic rings. The number of nitrogens with one attached hydrogen (secondary N) is 1. The van der Waals surface area contributed by atoms with E-state index in [1.165, 1.54) is 7.11 Å². The molecule has 0 radical (unpaired) electrons. The number of nitrogens with zero attached hydrogens (tertiary/aromatic N) is 1. The van der Waals surface area contributed by atoms with Crippen LogP contribution in [0.15, 0.2) is 24.3 Å². The Morgan fingerprint density at radius 1 is 1.38 bits per heavy atom. The van der Waals surface area contributed by atoms with Crippen molar-refractivity contribution >= 4 is 23.5 Å². The van der Waals surface area contributed by atoms with E-state index in [1.54, 1.807) is 0 Å². The molecule has 2 unspecified atom stereocenters. The second-order valence-corrected chi connectivity index (χ2v) is 6.85. The quantitative estimate of drug-likeness (QED) is 0.766. The Balaban J connectivity index is 2.13. The fourth-order valence-electron chi connectivity index (χ4n) is 2.89. The lowest BCUT2D eigenvalue weighted by atomic mass is 9.87. The molecule has 1 aromatic rings. The number of esters is 1. The van der Waals surface area contributed by atoms with Crippen LogP contribution >= 0.6 is 11.6 Å². The molecule has 6 heteroatoms. The topological polar surface area (TPSA) is 58.6 Å². The summed E-state index contributed by atoms with van der Waals surface area (Å²) in [4.78, 5) is 26.2. The summed E-state index contributed by atoms with van der Waals surface area (Å²) in [6.45, 7) is 5.30. The Morgan fingerprint density at radius 2 is 2.00 bits per heavy atom. The van der Waals surface area contributed by atoms with Gasteiger partial charge in [0.1, 0.15) is 0 Å². The van der Waals surface area contributed by atoms with Crippen LogP contribution in [-0.2, 0) is 14.3 Å². The van der Waals surface area contributed by atoms with E-state index in [-0.39, 0.29) is 17.9 Å². The third-order valence-corrected chi connectivity index (χ3v) is 4.95. The summed E-state index contributed by atoms with van der Waals surface area (Å²) in [7, 11) is 1.38. The van der Waals surface area contributed by atoms with Crippen molar-refractivity contribution in [2.45, 2.75) is 44.7 Å². The van der Waals surface area contributed by atoms with Gasteiger partial charge < -0.3 is 15.0 Å². The van der Waals surface area contributed by atoms with Crippen molar-refractivity contribution in [2.24, 2.45) is 0 Å². The third kappa shape index (κ3) is 4.28. The predicted octanol–water partition coefficient (Wildman–Crippen LogP) is 2.93. The molecule has 2 rings (SSSR count). The van der Waals surface area contributed by atoms with Gasteiger partial charge in [-0.1, -0.05) is 23.7 Å². The molecule has 1 heterocycles. The van der Waals surface area contributed by atoms with Crippen LogP contribution in [0.25, 0.3) is 0 Å². The van der Waals surface area contributed by atoms with Crippen LogP contribution in [0, 0.1) is 0 Å². The fraction of sp³-hybridized carbons (Fsp3) is 0.556. The lowest BCUT2D eigenvalue weighted by Gasteiger charge is -2.44. The monoisotopic (exact) mass is 352 g/mol. The van der Waals surface area contributed by atoms with Gasteiger partial charge in [-0.05, 0) is 50.9 Å². The number of carbonyl (C=O) groups excluding carboxylic acids is 2. The van der Waals surface area contributed by atoms with Gasteiger partial charge in [-0.25, -0.2) is 0 Å². The first-order valence-electron chi connectivity index (χ1n) is 8.26. The molecule has 0 saturated carbocycles. The number of rotatable bonds is 7. The van der Waals surface area contributed by atoms with Gasteiger partial charge in [0.15, 0.2) is 0 Å². The minimum Gasteiger partial charge on any atom is -0.469 e. The van der Waals surface area contributed by atoms with Crippen molar-refractivity contribution in [3.63, 3.8) is 0 Å². The first-order chi connectivity index (χ1) is 11.4. The van der Waals surface area contributed by atoms with Crippen LogP contribution in [0.2, 0.25) is 5.02 Å². The summed E-state index contributed by atoms with van der Waals surface area (Å²) in [5.74, 6) is -0.185. The SMILES string of the molecule is COC(=O)CCCN(C(=O)C1(C)CCN1)C(C)c1ccc(Cl)cc1. The molecule has 1 aliphatic heterocycles. The van der Waals surface area contributed by atoms with Gasteiger partial charge in [0.05, 0.1) is 18.7 Å². The number of methoxy groups -OCH3 is 1. The highest BCUT2D eigenvalue weighted by molar-refractivity contribution is 6.30. The minimum atomic E-state index is -0.508. The highest BCUT2D eigenvalue weighted by Gasteiger charge is 2.42. The number of amides is 1. The molecular formula is C18H25ClN2O3. The lowest BCUT2D eigenvalue weighted by molar-refractivity contribution is -0.145. The van der Waals surface area contributed by atoms with E-state index in [4.69, 9.17) is 11.6 Å². The molecule has 132 valence electrons. The highest BCUT2D eigenvalue weighted by Crippen LogP contribution is 2.28. The van der Waals surface area contributed by atoms with Gasteiger partial charge in [0, 0.05) is 18.0 Å². The first-order valence-corrected chi connectivity index (χ1v) is 8.63. The first kappa shape index (κ1) is 18.7. The van der Waals surface area contributed by atoms with E-state index in [2.05, 4.69) is 10.1 Å². The number of ether oxygens (including phenoxy) is 1. The largest absolute Gasteiger partial charge is 0.469 e. The van der Waals surface area contributed by atoms with Crippen LogP contribution < -0.4 is 5.32 Å². The highest BCUT2D eigenvalue weighted by atomic mass is 35.5. The van der Waals surface area contributed by atoms with Crippen molar-refractivity contribution < 1.29 is 14.3 Å². The second-order valence-electron chi connectivity index (χ2n) is 6.41. The molecular weight excluding hydrogens is 328 g/mol. The van der Waals surface area contributed by atoms with Crippen LogP contribution in [0.1, 0.15) is 44.7 Å². The van der Waals surface area contributed by atoms with E-state index in [0.29, 0.717) is 24.4 Å². The maximum Gasteiger partial charge on any atom is 0.305 e. The zero-order valence-corrected chi connectivity index (χ0v) is 15.2. The molecule has 0 aliphatic carbocycles. The summed E-state index contributed by atoms with van der Waals surface area (Å²) in [6.07, 6.45) is 1.71. The summed E-state index contributed by atoms with van der Waals surface area (Å²) in [5.41, 5.74) is 0.514. The van der Waals surface area contributed by atoms with Crippen molar-refractivity contribution in [2.75, 3.05) is 20.2 Å². The predicted molar refractivity (Wildman–Crippen MR) is 93.9 cm³/mol.